The second-order valence-electron chi connectivity index (χ2n) is 9.64. The normalized spacial score (nSPS) is 14.6. The maximum absolute atomic E-state index is 6.35. The number of fused-ring (bicyclic) bond motifs is 3. The minimum atomic E-state index is -0.184. The number of aromatic nitrogens is 4. The van der Waals surface area contributed by atoms with Gasteiger partial charge in [0, 0.05) is 27.1 Å². The molecule has 7 rings (SSSR count). The van der Waals surface area contributed by atoms with Crippen molar-refractivity contribution in [2.75, 3.05) is 17.7 Å². The number of nitrogens with one attached hydrogen (secondary N) is 3. The first-order valence-corrected chi connectivity index (χ1v) is 14.0. The Kier molecular flexibility index (Phi) is 6.06. The number of methoxy groups -OCH3 is 1. The van der Waals surface area contributed by atoms with Crippen LogP contribution in [0.3, 0.4) is 0 Å². The first kappa shape index (κ1) is 25.4. The Hall–Kier alpha value is -4.61. The van der Waals surface area contributed by atoms with Gasteiger partial charge in [0.1, 0.15) is 46.3 Å². The highest BCUT2D eigenvalue weighted by molar-refractivity contribution is 7.19. The van der Waals surface area contributed by atoms with E-state index in [4.69, 9.17) is 35.3 Å². The van der Waals surface area contributed by atoms with E-state index < -0.39 is 0 Å². The highest BCUT2D eigenvalue weighted by Gasteiger charge is 2.28. The van der Waals surface area contributed by atoms with Crippen LogP contribution in [0, 0.1) is 13.8 Å². The lowest BCUT2D eigenvalue weighted by Gasteiger charge is -2.21. The summed E-state index contributed by atoms with van der Waals surface area (Å²) in [5.74, 6) is 3.42. The summed E-state index contributed by atoms with van der Waals surface area (Å²) in [6.07, 6.45) is 2.95. The van der Waals surface area contributed by atoms with E-state index in [9.17, 15) is 0 Å². The number of anilines is 2. The molecule has 6 aromatic rings. The molecule has 0 spiro atoms. The van der Waals surface area contributed by atoms with Crippen molar-refractivity contribution < 1.29 is 13.7 Å². The molecule has 0 saturated heterocycles. The van der Waals surface area contributed by atoms with Crippen LogP contribution in [0.25, 0.3) is 44.2 Å². The van der Waals surface area contributed by atoms with Gasteiger partial charge in [-0.1, -0.05) is 40.2 Å². The highest BCUT2D eigenvalue weighted by atomic mass is 35.5. The zero-order chi connectivity index (χ0) is 28.2. The van der Waals surface area contributed by atoms with Gasteiger partial charge in [-0.2, -0.15) is 0 Å². The van der Waals surface area contributed by atoms with E-state index in [1.165, 1.54) is 17.6 Å². The van der Waals surface area contributed by atoms with E-state index in [0.717, 1.165) is 61.1 Å². The highest BCUT2D eigenvalue weighted by Crippen LogP contribution is 2.43. The molecule has 1 aliphatic rings. The molecule has 206 valence electrons. The van der Waals surface area contributed by atoms with Crippen molar-refractivity contribution in [1.82, 2.24) is 20.1 Å². The molecule has 5 heterocycles. The number of aryl methyl sites for hydroxylation is 2. The predicted molar refractivity (Wildman–Crippen MR) is 161 cm³/mol. The Bertz CT molecular complexity index is 1940. The van der Waals surface area contributed by atoms with Gasteiger partial charge in [-0.05, 0) is 45.0 Å². The maximum atomic E-state index is 6.35. The minimum absolute atomic E-state index is 0.184. The molecule has 0 bridgehead atoms. The molecular weight excluding hydrogens is 562 g/mol. The van der Waals surface area contributed by atoms with Crippen molar-refractivity contribution in [3.63, 3.8) is 0 Å². The molecule has 0 saturated carbocycles. The van der Waals surface area contributed by atoms with E-state index >= 15 is 0 Å². The Morgan fingerprint density at radius 2 is 2.02 bits per heavy atom. The number of amidine groups is 1. The van der Waals surface area contributed by atoms with Crippen molar-refractivity contribution in [2.24, 2.45) is 4.99 Å². The topological polar surface area (TPSA) is 126 Å². The number of aliphatic imine (C=N–C) groups is 1. The molecule has 2 aromatic carbocycles. The molecule has 0 fully saturated rings. The third kappa shape index (κ3) is 4.34. The zero-order valence-electron chi connectivity index (χ0n) is 22.5. The number of ether oxygens (including phenoxy) is 1. The van der Waals surface area contributed by atoms with Gasteiger partial charge in [0.2, 0.25) is 0 Å². The third-order valence-corrected chi connectivity index (χ3v) is 8.10. The van der Waals surface area contributed by atoms with Gasteiger partial charge in [-0.3, -0.25) is 0 Å². The number of H-pyrrole nitrogens is 1. The molecule has 10 nitrogen and oxygen atoms in total. The van der Waals surface area contributed by atoms with Crippen LogP contribution in [0.5, 0.6) is 5.75 Å². The average Bonchev–Trinajstić information content (AvgIpc) is 3.74. The van der Waals surface area contributed by atoms with Gasteiger partial charge in [-0.25, -0.2) is 15.0 Å². The monoisotopic (exact) mass is 585 g/mol. The fraction of sp³-hybridized carbons (Fsp3) is 0.172. The van der Waals surface area contributed by atoms with Crippen molar-refractivity contribution in [2.45, 2.75) is 26.9 Å². The van der Waals surface area contributed by atoms with Gasteiger partial charge in [0.15, 0.2) is 5.01 Å². The molecule has 1 aliphatic heterocycles. The molecule has 0 aliphatic carbocycles. The average molecular weight is 586 g/mol. The fourth-order valence-electron chi connectivity index (χ4n) is 5.17. The molecule has 0 radical (unpaired) electrons. The van der Waals surface area contributed by atoms with Crippen LogP contribution < -0.4 is 15.4 Å². The number of nitrogens with zero attached hydrogens (tertiary/aromatic N) is 4. The SMILES string of the molecule is COc1cc2c3c([nH]c2cc1-c1c(C)noc1C)NC(C)N=C3Nc1sc(-c2ncco2)nc1-c1cccc(Cl)c1. The van der Waals surface area contributed by atoms with Crippen molar-refractivity contribution in [3.8, 4) is 39.0 Å². The summed E-state index contributed by atoms with van der Waals surface area (Å²) in [4.78, 5) is 17.7. The van der Waals surface area contributed by atoms with E-state index in [-0.39, 0.29) is 6.17 Å². The predicted octanol–water partition coefficient (Wildman–Crippen LogP) is 7.51. The maximum Gasteiger partial charge on any atom is 0.255 e. The van der Waals surface area contributed by atoms with Gasteiger partial charge in [0.25, 0.3) is 5.89 Å². The summed E-state index contributed by atoms with van der Waals surface area (Å²) < 4.78 is 16.8. The number of hydrogen-bond acceptors (Lipinski definition) is 10. The Balaban J connectivity index is 1.37. The zero-order valence-corrected chi connectivity index (χ0v) is 24.1. The molecular formula is C29H24ClN7O3S. The molecule has 12 heteroatoms. The van der Waals surface area contributed by atoms with E-state index in [2.05, 4.69) is 31.8 Å². The molecule has 1 atom stereocenters. The van der Waals surface area contributed by atoms with Crippen LogP contribution in [0.2, 0.25) is 5.02 Å². The number of hydrogen-bond donors (Lipinski definition) is 3. The van der Waals surface area contributed by atoms with E-state index in [1.54, 1.807) is 13.3 Å². The van der Waals surface area contributed by atoms with Crippen LogP contribution in [0.4, 0.5) is 10.8 Å². The summed E-state index contributed by atoms with van der Waals surface area (Å²) in [5.41, 5.74) is 6.01. The molecule has 3 N–H and O–H groups in total. The first-order valence-electron chi connectivity index (χ1n) is 12.8. The van der Waals surface area contributed by atoms with Gasteiger partial charge >= 0.3 is 0 Å². The van der Waals surface area contributed by atoms with Crippen LogP contribution in [0.1, 0.15) is 23.9 Å². The van der Waals surface area contributed by atoms with Crippen LogP contribution >= 0.6 is 22.9 Å². The molecule has 41 heavy (non-hydrogen) atoms. The summed E-state index contributed by atoms with van der Waals surface area (Å²) in [6.45, 7) is 5.82. The smallest absolute Gasteiger partial charge is 0.255 e. The molecule has 4 aromatic heterocycles. The number of halogens is 1. The third-order valence-electron chi connectivity index (χ3n) is 6.91. The van der Waals surface area contributed by atoms with Crippen molar-refractivity contribution >= 4 is 50.5 Å². The number of rotatable bonds is 5. The molecule has 0 amide bonds. The Morgan fingerprint density at radius 3 is 2.76 bits per heavy atom. The number of benzene rings is 2. The van der Waals surface area contributed by atoms with Crippen molar-refractivity contribution in [3.05, 3.63) is 70.9 Å². The van der Waals surface area contributed by atoms with Gasteiger partial charge in [0.05, 0.1) is 30.1 Å². The van der Waals surface area contributed by atoms with Gasteiger partial charge in [-0.15, -0.1) is 0 Å². The number of oxazole rings is 1. The molecule has 1 unspecified atom stereocenters. The van der Waals surface area contributed by atoms with Crippen LogP contribution in [-0.4, -0.2) is 39.2 Å². The summed E-state index contributed by atoms with van der Waals surface area (Å²) >= 11 is 7.78. The van der Waals surface area contributed by atoms with Crippen molar-refractivity contribution in [1.29, 1.82) is 0 Å². The first-order chi connectivity index (χ1) is 19.9. The lowest BCUT2D eigenvalue weighted by atomic mass is 10.00. The Labute approximate surface area is 243 Å². The summed E-state index contributed by atoms with van der Waals surface area (Å²) in [7, 11) is 1.66. The summed E-state index contributed by atoms with van der Waals surface area (Å²) in [5, 5.41) is 14.2. The lowest BCUT2D eigenvalue weighted by Crippen LogP contribution is -2.27. The number of thiazole rings is 1. The lowest BCUT2D eigenvalue weighted by molar-refractivity contribution is 0.393. The van der Waals surface area contributed by atoms with Gasteiger partial charge < -0.3 is 29.3 Å². The Morgan fingerprint density at radius 1 is 1.15 bits per heavy atom. The second kappa shape index (κ2) is 9.79. The standard InChI is InChI=1S/C29H24ClN7O3S/c1-13-22(14(2)40-37-13)19-11-20-18(12-21(19)38-4)23-25(34-20)32-15(3)33-26(23)36-28-24(16-6-5-7-17(30)10-16)35-29(41-28)27-31-8-9-39-27/h5-12,15,32,34H,1-4H3,(H,33,36). The largest absolute Gasteiger partial charge is 0.496 e. The van der Waals surface area contributed by atoms with Crippen LogP contribution in [0.15, 0.2) is 62.8 Å². The quantitative estimate of drug-likeness (QED) is 0.190. The minimum Gasteiger partial charge on any atom is -0.496 e. The summed E-state index contributed by atoms with van der Waals surface area (Å²) in [6, 6.07) is 11.7. The van der Waals surface area contributed by atoms with Crippen LogP contribution in [-0.2, 0) is 0 Å². The van der Waals surface area contributed by atoms with E-state index in [0.29, 0.717) is 27.5 Å². The van der Waals surface area contributed by atoms with E-state index in [1.807, 2.05) is 51.1 Å². The number of aromatic amines is 1. The second-order valence-corrected chi connectivity index (χ2v) is 11.1. The fourth-order valence-corrected chi connectivity index (χ4v) is 6.28.